The normalized spacial score (nSPS) is 10.6. The number of aromatic nitrogens is 2. The van der Waals surface area contributed by atoms with Crippen LogP contribution in [-0.2, 0) is 21.8 Å². The van der Waals surface area contributed by atoms with Crippen molar-refractivity contribution in [3.05, 3.63) is 22.2 Å². The summed E-state index contributed by atoms with van der Waals surface area (Å²) in [6.45, 7) is 1.27. The molecule has 0 N–H and O–H groups in total. The van der Waals surface area contributed by atoms with Crippen molar-refractivity contribution in [3.63, 3.8) is 0 Å². The van der Waals surface area contributed by atoms with Gasteiger partial charge in [-0.1, -0.05) is 11.6 Å². The van der Waals surface area contributed by atoms with Gasteiger partial charge in [-0.05, 0) is 6.92 Å². The Kier molecular flexibility index (Phi) is 4.13. The van der Waals surface area contributed by atoms with E-state index in [2.05, 4.69) is 14.2 Å². The zero-order chi connectivity index (χ0) is 11.4. The lowest BCUT2D eigenvalue weighted by molar-refractivity contribution is 0.112. The Morgan fingerprint density at radius 3 is 2.60 bits per heavy atom. The number of hydrogen-bond donors (Lipinski definition) is 1. The maximum atomic E-state index is 10.5. The van der Waals surface area contributed by atoms with Gasteiger partial charge in [-0.15, -0.1) is 0 Å². The SMILES string of the molecule is Cc1nc(CO[SH](=O)=O)nc(Cl)c1C=O. The van der Waals surface area contributed by atoms with Crippen LogP contribution in [0.25, 0.3) is 0 Å². The van der Waals surface area contributed by atoms with Gasteiger partial charge in [-0.3, -0.25) is 8.98 Å². The predicted molar refractivity (Wildman–Crippen MR) is 52.3 cm³/mol. The fourth-order valence-electron chi connectivity index (χ4n) is 0.911. The van der Waals surface area contributed by atoms with E-state index < -0.39 is 11.0 Å². The molecule has 6 nitrogen and oxygen atoms in total. The van der Waals surface area contributed by atoms with Crippen LogP contribution in [0.3, 0.4) is 0 Å². The van der Waals surface area contributed by atoms with Crippen LogP contribution in [0.5, 0.6) is 0 Å². The van der Waals surface area contributed by atoms with Crippen LogP contribution in [0.1, 0.15) is 21.9 Å². The van der Waals surface area contributed by atoms with Crippen LogP contribution in [0, 0.1) is 6.92 Å². The summed E-state index contributed by atoms with van der Waals surface area (Å²) in [5.74, 6) is 0.113. The van der Waals surface area contributed by atoms with Crippen molar-refractivity contribution in [2.75, 3.05) is 0 Å². The second kappa shape index (κ2) is 5.15. The van der Waals surface area contributed by atoms with Crippen molar-refractivity contribution in [2.24, 2.45) is 0 Å². The van der Waals surface area contributed by atoms with Gasteiger partial charge in [0.05, 0.1) is 11.3 Å². The average molecular weight is 251 g/mol. The van der Waals surface area contributed by atoms with Crippen molar-refractivity contribution >= 4 is 28.9 Å². The summed E-state index contributed by atoms with van der Waals surface area (Å²) in [6, 6.07) is 0. The topological polar surface area (TPSA) is 86.2 Å². The number of rotatable bonds is 4. The van der Waals surface area contributed by atoms with Crippen molar-refractivity contribution in [2.45, 2.75) is 13.5 Å². The van der Waals surface area contributed by atoms with Gasteiger partial charge in [-0.2, -0.15) is 0 Å². The van der Waals surface area contributed by atoms with Gasteiger partial charge < -0.3 is 0 Å². The highest BCUT2D eigenvalue weighted by molar-refractivity contribution is 7.67. The summed E-state index contributed by atoms with van der Waals surface area (Å²) in [6.07, 6.45) is 0.538. The number of thiol groups is 1. The molecule has 0 aromatic carbocycles. The van der Waals surface area contributed by atoms with Crippen LogP contribution in [-0.4, -0.2) is 24.7 Å². The first-order valence-electron chi connectivity index (χ1n) is 3.80. The summed E-state index contributed by atoms with van der Waals surface area (Å²) in [4.78, 5) is 18.1. The molecule has 0 atom stereocenters. The molecule has 0 aliphatic rings. The summed E-state index contributed by atoms with van der Waals surface area (Å²) < 4.78 is 24.6. The summed E-state index contributed by atoms with van der Waals surface area (Å²) >= 11 is 5.66. The van der Waals surface area contributed by atoms with Crippen molar-refractivity contribution in [1.29, 1.82) is 0 Å². The van der Waals surface area contributed by atoms with Crippen molar-refractivity contribution in [1.82, 2.24) is 9.97 Å². The average Bonchev–Trinajstić information content (AvgIpc) is 2.14. The lowest BCUT2D eigenvalue weighted by Gasteiger charge is -2.03. The van der Waals surface area contributed by atoms with Gasteiger partial charge in [0.25, 0.3) is 11.0 Å². The predicted octanol–water partition coefficient (Wildman–Crippen LogP) is 0.294. The molecule has 0 unspecified atom stereocenters. The highest BCUT2D eigenvalue weighted by Crippen LogP contribution is 2.14. The number of hydrogen-bond acceptors (Lipinski definition) is 6. The van der Waals surface area contributed by atoms with Gasteiger partial charge in [0.15, 0.2) is 12.1 Å². The number of carbonyl (C=O) groups is 1. The van der Waals surface area contributed by atoms with E-state index in [1.54, 1.807) is 6.92 Å². The standard InChI is InChI=1S/C7H7ClN2O4S/c1-4-5(2-11)7(8)10-6(9-4)3-14-15(12)13/h2,15H,3H2,1H3. The van der Waals surface area contributed by atoms with Crippen LogP contribution in [0.4, 0.5) is 0 Å². The third-order valence-corrected chi connectivity index (χ3v) is 2.18. The molecule has 8 heteroatoms. The smallest absolute Gasteiger partial charge is 0.257 e. The Balaban J connectivity index is 2.98. The first-order chi connectivity index (χ1) is 7.04. The van der Waals surface area contributed by atoms with Crippen LogP contribution in [0.2, 0.25) is 5.15 Å². The zero-order valence-corrected chi connectivity index (χ0v) is 9.29. The van der Waals surface area contributed by atoms with Gasteiger partial charge in [0, 0.05) is 0 Å². The van der Waals surface area contributed by atoms with E-state index in [0.29, 0.717) is 12.0 Å². The largest absolute Gasteiger partial charge is 0.298 e. The fraction of sp³-hybridized carbons (Fsp3) is 0.286. The Labute approximate surface area is 92.4 Å². The molecule has 1 aromatic rings. The highest BCUT2D eigenvalue weighted by Gasteiger charge is 2.09. The summed E-state index contributed by atoms with van der Waals surface area (Å²) in [7, 11) is -2.95. The van der Waals surface area contributed by atoms with E-state index in [1.165, 1.54) is 0 Å². The molecular formula is C7H7ClN2O4S. The Hall–Kier alpha value is -1.05. The molecule has 82 valence electrons. The molecule has 0 aliphatic carbocycles. The van der Waals surface area contributed by atoms with Gasteiger partial charge >= 0.3 is 0 Å². The van der Waals surface area contributed by atoms with Crippen LogP contribution in [0.15, 0.2) is 0 Å². The quantitative estimate of drug-likeness (QED) is 0.470. The second-order valence-corrected chi connectivity index (χ2v) is 3.61. The molecule has 1 rings (SSSR count). The molecular weight excluding hydrogens is 244 g/mol. The van der Waals surface area contributed by atoms with E-state index in [1.807, 2.05) is 0 Å². The number of halogens is 1. The molecule has 1 aromatic heterocycles. The third kappa shape index (κ3) is 3.22. The fourth-order valence-corrected chi connectivity index (χ4v) is 1.41. The molecule has 0 aliphatic heterocycles. The molecule has 0 saturated heterocycles. The van der Waals surface area contributed by atoms with E-state index >= 15 is 0 Å². The van der Waals surface area contributed by atoms with Gasteiger partial charge in [0.1, 0.15) is 11.8 Å². The Morgan fingerprint density at radius 2 is 2.13 bits per heavy atom. The minimum atomic E-state index is -2.95. The molecule has 0 fully saturated rings. The first-order valence-corrected chi connectivity index (χ1v) is 5.27. The number of aldehydes is 1. The zero-order valence-electron chi connectivity index (χ0n) is 7.64. The number of carbonyl (C=O) groups excluding carboxylic acids is 1. The minimum Gasteiger partial charge on any atom is -0.298 e. The van der Waals surface area contributed by atoms with Gasteiger partial charge in [-0.25, -0.2) is 18.4 Å². The number of aryl methyl sites for hydroxylation is 1. The summed E-state index contributed by atoms with van der Waals surface area (Å²) in [5, 5.41) is -0.0165. The van der Waals surface area contributed by atoms with Crippen molar-refractivity contribution < 1.29 is 17.4 Å². The monoisotopic (exact) mass is 250 g/mol. The molecule has 0 amide bonds. The van der Waals surface area contributed by atoms with Gasteiger partial charge in [0.2, 0.25) is 0 Å². The first kappa shape index (κ1) is 12.0. The molecule has 0 radical (unpaired) electrons. The van der Waals surface area contributed by atoms with E-state index in [9.17, 15) is 13.2 Å². The Morgan fingerprint density at radius 1 is 1.47 bits per heavy atom. The van der Waals surface area contributed by atoms with E-state index in [4.69, 9.17) is 11.6 Å². The second-order valence-electron chi connectivity index (χ2n) is 2.54. The molecule has 0 spiro atoms. The lowest BCUT2D eigenvalue weighted by Crippen LogP contribution is -2.04. The maximum Gasteiger partial charge on any atom is 0.257 e. The lowest BCUT2D eigenvalue weighted by atomic mass is 10.3. The van der Waals surface area contributed by atoms with Crippen LogP contribution >= 0.6 is 11.6 Å². The highest BCUT2D eigenvalue weighted by atomic mass is 35.5. The van der Waals surface area contributed by atoms with E-state index in [0.717, 1.165) is 0 Å². The third-order valence-electron chi connectivity index (χ3n) is 1.55. The molecule has 0 saturated carbocycles. The van der Waals surface area contributed by atoms with Crippen molar-refractivity contribution in [3.8, 4) is 0 Å². The van der Waals surface area contributed by atoms with Crippen LogP contribution < -0.4 is 0 Å². The minimum absolute atomic E-state index is 0.0165. The molecule has 1 heterocycles. The summed E-state index contributed by atoms with van der Waals surface area (Å²) in [5.41, 5.74) is 0.566. The molecule has 15 heavy (non-hydrogen) atoms. The Bertz CT molecular complexity index is 429. The number of nitrogens with zero attached hydrogens (tertiary/aromatic N) is 2. The molecule has 0 bridgehead atoms. The van der Waals surface area contributed by atoms with E-state index in [-0.39, 0.29) is 23.1 Å². The maximum absolute atomic E-state index is 10.5.